The molecule has 0 aliphatic carbocycles. The lowest BCUT2D eigenvalue weighted by molar-refractivity contribution is 0.0914. The van der Waals surface area contributed by atoms with E-state index in [2.05, 4.69) is 9.97 Å². The minimum Gasteiger partial charge on any atom is -0.497 e. The number of fused-ring (bicyclic) bond motifs is 1. The number of ether oxygens (including phenoxy) is 2. The first-order valence-electron chi connectivity index (χ1n) is 7.42. The van der Waals surface area contributed by atoms with Gasteiger partial charge in [0, 0.05) is 6.20 Å². The van der Waals surface area contributed by atoms with Crippen LogP contribution in [0.5, 0.6) is 11.5 Å². The maximum atomic E-state index is 12.3. The van der Waals surface area contributed by atoms with Gasteiger partial charge in [-0.2, -0.15) is 0 Å². The quantitative estimate of drug-likeness (QED) is 0.733. The summed E-state index contributed by atoms with van der Waals surface area (Å²) in [6.45, 7) is 0.149. The van der Waals surface area contributed by atoms with Crippen molar-refractivity contribution in [1.82, 2.24) is 14.5 Å². The molecule has 0 spiro atoms. The molecule has 0 bridgehead atoms. The molecule has 3 rings (SSSR count). The highest BCUT2D eigenvalue weighted by atomic mass is 16.5. The number of nitrogens with zero attached hydrogens (tertiary/aromatic N) is 3. The van der Waals surface area contributed by atoms with Crippen molar-refractivity contribution in [1.29, 1.82) is 0 Å². The minimum absolute atomic E-state index is 0.0594. The van der Waals surface area contributed by atoms with Crippen LogP contribution in [0.2, 0.25) is 0 Å². The molecular formula is C17H17N3O4. The highest BCUT2D eigenvalue weighted by Gasteiger charge is 2.10. The first-order valence-corrected chi connectivity index (χ1v) is 7.42. The van der Waals surface area contributed by atoms with Gasteiger partial charge in [0.05, 0.1) is 19.0 Å². The van der Waals surface area contributed by atoms with Crippen LogP contribution in [0.1, 0.15) is 0 Å². The number of pyridine rings is 1. The van der Waals surface area contributed by atoms with E-state index < -0.39 is 6.10 Å². The maximum absolute atomic E-state index is 12.3. The van der Waals surface area contributed by atoms with Crippen molar-refractivity contribution in [2.75, 3.05) is 13.7 Å². The van der Waals surface area contributed by atoms with Gasteiger partial charge in [-0.05, 0) is 36.4 Å². The zero-order valence-electron chi connectivity index (χ0n) is 13.1. The molecule has 24 heavy (non-hydrogen) atoms. The summed E-state index contributed by atoms with van der Waals surface area (Å²) in [6, 6.07) is 10.4. The van der Waals surface area contributed by atoms with Crippen molar-refractivity contribution in [3.63, 3.8) is 0 Å². The fraction of sp³-hybridized carbons (Fsp3) is 0.235. The summed E-state index contributed by atoms with van der Waals surface area (Å²) in [5.74, 6) is 1.34. The van der Waals surface area contributed by atoms with Crippen molar-refractivity contribution in [3.05, 3.63) is 59.3 Å². The first-order chi connectivity index (χ1) is 11.7. The lowest BCUT2D eigenvalue weighted by Gasteiger charge is -2.14. The van der Waals surface area contributed by atoms with Gasteiger partial charge in [0.2, 0.25) is 0 Å². The van der Waals surface area contributed by atoms with Gasteiger partial charge in [0.15, 0.2) is 5.65 Å². The van der Waals surface area contributed by atoms with Gasteiger partial charge < -0.3 is 14.6 Å². The zero-order valence-corrected chi connectivity index (χ0v) is 13.1. The number of methoxy groups -OCH3 is 1. The average molecular weight is 327 g/mol. The summed E-state index contributed by atoms with van der Waals surface area (Å²) >= 11 is 0. The lowest BCUT2D eigenvalue weighted by Crippen LogP contribution is -2.30. The van der Waals surface area contributed by atoms with E-state index in [1.165, 1.54) is 10.9 Å². The van der Waals surface area contributed by atoms with E-state index in [9.17, 15) is 9.90 Å². The van der Waals surface area contributed by atoms with Gasteiger partial charge in [-0.1, -0.05) is 0 Å². The number of aliphatic hydroxyl groups is 1. The number of benzene rings is 1. The van der Waals surface area contributed by atoms with Crippen molar-refractivity contribution in [3.8, 4) is 11.5 Å². The van der Waals surface area contributed by atoms with Crippen LogP contribution in [0.4, 0.5) is 0 Å². The molecule has 0 radical (unpaired) electrons. The normalized spacial score (nSPS) is 12.1. The second kappa shape index (κ2) is 7.10. The van der Waals surface area contributed by atoms with E-state index in [0.717, 1.165) is 5.75 Å². The highest BCUT2D eigenvalue weighted by molar-refractivity contribution is 5.72. The van der Waals surface area contributed by atoms with Crippen LogP contribution in [0.3, 0.4) is 0 Å². The van der Waals surface area contributed by atoms with E-state index in [4.69, 9.17) is 9.47 Å². The summed E-state index contributed by atoms with van der Waals surface area (Å²) in [6.07, 6.45) is 2.12. The van der Waals surface area contributed by atoms with Crippen LogP contribution < -0.4 is 15.0 Å². The second-order valence-corrected chi connectivity index (χ2v) is 5.22. The molecule has 0 saturated carbocycles. The third-order valence-electron chi connectivity index (χ3n) is 3.51. The van der Waals surface area contributed by atoms with Crippen molar-refractivity contribution in [2.45, 2.75) is 12.6 Å². The summed E-state index contributed by atoms with van der Waals surface area (Å²) in [7, 11) is 1.59. The minimum atomic E-state index is -0.847. The van der Waals surface area contributed by atoms with Gasteiger partial charge in [-0.3, -0.25) is 9.36 Å². The molecule has 0 amide bonds. The number of hydrogen-bond donors (Lipinski definition) is 1. The largest absolute Gasteiger partial charge is 0.497 e. The molecule has 124 valence electrons. The molecule has 2 aromatic heterocycles. The summed E-state index contributed by atoms with van der Waals surface area (Å²) < 4.78 is 11.9. The highest BCUT2D eigenvalue weighted by Crippen LogP contribution is 2.17. The smallest absolute Gasteiger partial charge is 0.262 e. The Hall–Kier alpha value is -2.93. The third kappa shape index (κ3) is 3.52. The summed E-state index contributed by atoms with van der Waals surface area (Å²) in [5, 5.41) is 10.5. The average Bonchev–Trinajstić information content (AvgIpc) is 2.63. The molecule has 1 N–H and O–H groups in total. The molecule has 0 fully saturated rings. The van der Waals surface area contributed by atoms with Gasteiger partial charge in [0.25, 0.3) is 5.56 Å². The van der Waals surface area contributed by atoms with E-state index in [0.29, 0.717) is 16.8 Å². The number of aromatic nitrogens is 3. The Morgan fingerprint density at radius 2 is 1.92 bits per heavy atom. The number of aliphatic hydroxyl groups excluding tert-OH is 1. The Balaban J connectivity index is 1.65. The summed E-state index contributed by atoms with van der Waals surface area (Å²) in [5.41, 5.74) is 0.152. The molecule has 3 aromatic rings. The van der Waals surface area contributed by atoms with E-state index in [-0.39, 0.29) is 18.7 Å². The summed E-state index contributed by atoms with van der Waals surface area (Å²) in [4.78, 5) is 20.5. The lowest BCUT2D eigenvalue weighted by atomic mass is 10.3. The molecule has 1 aromatic carbocycles. The predicted octanol–water partition coefficient (Wildman–Crippen LogP) is 1.24. The second-order valence-electron chi connectivity index (χ2n) is 5.22. The van der Waals surface area contributed by atoms with Gasteiger partial charge in [-0.25, -0.2) is 9.97 Å². The molecule has 0 aliphatic rings. The van der Waals surface area contributed by atoms with E-state index in [1.54, 1.807) is 49.7 Å². The van der Waals surface area contributed by atoms with Crippen LogP contribution >= 0.6 is 0 Å². The molecule has 0 saturated heterocycles. The van der Waals surface area contributed by atoms with E-state index >= 15 is 0 Å². The first kappa shape index (κ1) is 15.9. The molecule has 0 aliphatic heterocycles. The predicted molar refractivity (Wildman–Crippen MR) is 88.3 cm³/mol. The number of hydrogen-bond acceptors (Lipinski definition) is 6. The third-order valence-corrected chi connectivity index (χ3v) is 3.51. The monoisotopic (exact) mass is 327 g/mol. The van der Waals surface area contributed by atoms with Crippen molar-refractivity contribution < 1.29 is 14.6 Å². The van der Waals surface area contributed by atoms with Crippen molar-refractivity contribution >= 4 is 11.0 Å². The van der Waals surface area contributed by atoms with Gasteiger partial charge >= 0.3 is 0 Å². The van der Waals surface area contributed by atoms with Crippen LogP contribution in [-0.2, 0) is 6.54 Å². The van der Waals surface area contributed by atoms with E-state index in [1.807, 2.05) is 0 Å². The van der Waals surface area contributed by atoms with Crippen LogP contribution in [-0.4, -0.2) is 39.5 Å². The molecule has 7 nitrogen and oxygen atoms in total. The SMILES string of the molecule is COc1ccc(OC[C@@H](O)Cn2cnc3ncccc3c2=O)cc1. The Morgan fingerprint density at radius 3 is 2.67 bits per heavy atom. The Bertz CT molecular complexity index is 877. The van der Waals surface area contributed by atoms with Crippen molar-refractivity contribution in [2.24, 2.45) is 0 Å². The fourth-order valence-electron chi connectivity index (χ4n) is 2.27. The van der Waals surface area contributed by atoms with Crippen LogP contribution in [0, 0.1) is 0 Å². The van der Waals surface area contributed by atoms with Crippen LogP contribution in [0.25, 0.3) is 11.0 Å². The fourth-order valence-corrected chi connectivity index (χ4v) is 2.27. The van der Waals surface area contributed by atoms with Gasteiger partial charge in [0.1, 0.15) is 30.5 Å². The Morgan fingerprint density at radius 1 is 1.17 bits per heavy atom. The molecule has 1 atom stereocenters. The Kier molecular flexibility index (Phi) is 4.72. The number of rotatable bonds is 6. The topological polar surface area (TPSA) is 86.5 Å². The molecular weight excluding hydrogens is 310 g/mol. The standard InChI is InChI=1S/C17H17N3O4/c1-23-13-4-6-14(7-5-13)24-10-12(21)9-20-11-19-16-15(17(20)22)3-2-8-18-16/h2-8,11-12,21H,9-10H2,1H3/t12-/m0/s1. The zero-order chi connectivity index (χ0) is 16.9. The Labute approximate surface area is 138 Å². The van der Waals surface area contributed by atoms with Crippen LogP contribution in [0.15, 0.2) is 53.7 Å². The van der Waals surface area contributed by atoms with Gasteiger partial charge in [-0.15, -0.1) is 0 Å². The maximum Gasteiger partial charge on any atom is 0.262 e. The molecule has 0 unspecified atom stereocenters. The molecule has 2 heterocycles. The molecule has 7 heteroatoms.